The molecular formula is C12H12BrNO3. The van der Waals surface area contributed by atoms with Gasteiger partial charge in [-0.15, -0.1) is 0 Å². The average molecular weight is 298 g/mol. The number of benzene rings is 1. The molecule has 1 fully saturated rings. The summed E-state index contributed by atoms with van der Waals surface area (Å²) in [5.41, 5.74) is 0.278. The Hall–Kier alpha value is -1.36. The summed E-state index contributed by atoms with van der Waals surface area (Å²) < 4.78 is 5.81. The lowest BCUT2D eigenvalue weighted by Crippen LogP contribution is -2.32. The minimum atomic E-state index is -0.566. The molecule has 5 heteroatoms. The first-order valence-corrected chi connectivity index (χ1v) is 6.10. The molecule has 0 atom stereocenters. The Morgan fingerprint density at radius 1 is 1.41 bits per heavy atom. The van der Waals surface area contributed by atoms with Crippen molar-refractivity contribution in [1.82, 2.24) is 5.32 Å². The highest BCUT2D eigenvalue weighted by Crippen LogP contribution is 2.24. The molecule has 1 N–H and O–H groups in total. The van der Waals surface area contributed by atoms with Crippen molar-refractivity contribution in [3.05, 3.63) is 28.2 Å². The number of carbonyl (C=O) groups is 2. The number of hydrogen-bond donors (Lipinski definition) is 1. The predicted octanol–water partition coefficient (Wildman–Crippen LogP) is 1.92. The summed E-state index contributed by atoms with van der Waals surface area (Å²) in [6, 6.07) is 5.17. The number of hydrogen-bond acceptors (Lipinski definition) is 3. The second-order valence-electron chi connectivity index (χ2n) is 3.92. The maximum absolute atomic E-state index is 11.9. The average Bonchev–Trinajstić information content (AvgIpc) is 3.11. The van der Waals surface area contributed by atoms with Crippen molar-refractivity contribution in [2.24, 2.45) is 0 Å². The van der Waals surface area contributed by atoms with Gasteiger partial charge in [-0.1, -0.05) is 15.9 Å². The molecule has 0 spiro atoms. The van der Waals surface area contributed by atoms with E-state index in [1.807, 2.05) is 0 Å². The first kappa shape index (κ1) is 12.1. The molecule has 0 aromatic heterocycles. The molecule has 1 aliphatic rings. The van der Waals surface area contributed by atoms with Crippen LogP contribution in [0.2, 0.25) is 0 Å². The first-order valence-electron chi connectivity index (χ1n) is 5.30. The molecule has 0 aliphatic heterocycles. The third kappa shape index (κ3) is 2.85. The minimum Gasteiger partial charge on any atom is -0.496 e. The highest BCUT2D eigenvalue weighted by atomic mass is 79.9. The predicted molar refractivity (Wildman–Crippen MR) is 66.2 cm³/mol. The van der Waals surface area contributed by atoms with Crippen molar-refractivity contribution in [1.29, 1.82) is 0 Å². The molecule has 1 aromatic rings. The minimum absolute atomic E-state index is 0.171. The maximum Gasteiger partial charge on any atom is 0.292 e. The van der Waals surface area contributed by atoms with Gasteiger partial charge in [-0.05, 0) is 31.0 Å². The second kappa shape index (κ2) is 4.87. The molecule has 90 valence electrons. The van der Waals surface area contributed by atoms with E-state index in [4.69, 9.17) is 4.74 Å². The van der Waals surface area contributed by atoms with Gasteiger partial charge in [0.05, 0.1) is 12.7 Å². The van der Waals surface area contributed by atoms with Gasteiger partial charge in [-0.25, -0.2) is 0 Å². The number of carbonyl (C=O) groups excluding carboxylic acids is 2. The summed E-state index contributed by atoms with van der Waals surface area (Å²) in [4.78, 5) is 23.6. The topological polar surface area (TPSA) is 55.4 Å². The fraction of sp³-hybridized carbons (Fsp3) is 0.333. The van der Waals surface area contributed by atoms with Crippen molar-refractivity contribution in [3.63, 3.8) is 0 Å². The highest BCUT2D eigenvalue weighted by molar-refractivity contribution is 9.10. The number of halogens is 1. The lowest BCUT2D eigenvalue weighted by molar-refractivity contribution is -0.117. The Bertz CT molecular complexity index is 469. The first-order chi connectivity index (χ1) is 8.11. The lowest BCUT2D eigenvalue weighted by Gasteiger charge is -2.08. The number of nitrogens with one attached hydrogen (secondary N) is 1. The van der Waals surface area contributed by atoms with E-state index in [2.05, 4.69) is 21.2 Å². The van der Waals surface area contributed by atoms with Gasteiger partial charge >= 0.3 is 0 Å². The number of ether oxygens (including phenoxy) is 1. The highest BCUT2D eigenvalue weighted by Gasteiger charge is 2.28. The Balaban J connectivity index is 2.21. The molecule has 17 heavy (non-hydrogen) atoms. The Kier molecular flexibility index (Phi) is 3.47. The zero-order chi connectivity index (χ0) is 12.4. The van der Waals surface area contributed by atoms with Crippen LogP contribution in [-0.4, -0.2) is 24.8 Å². The monoisotopic (exact) mass is 297 g/mol. The van der Waals surface area contributed by atoms with Gasteiger partial charge in [0.2, 0.25) is 0 Å². The van der Waals surface area contributed by atoms with Crippen LogP contribution in [0.15, 0.2) is 22.7 Å². The van der Waals surface area contributed by atoms with E-state index in [1.54, 1.807) is 18.2 Å². The lowest BCUT2D eigenvalue weighted by atomic mass is 10.1. The molecule has 4 nitrogen and oxygen atoms in total. The van der Waals surface area contributed by atoms with Crippen LogP contribution in [0, 0.1) is 0 Å². The largest absolute Gasteiger partial charge is 0.496 e. The summed E-state index contributed by atoms with van der Waals surface area (Å²) in [5, 5.41) is 2.66. The Morgan fingerprint density at radius 3 is 2.71 bits per heavy atom. The van der Waals surface area contributed by atoms with E-state index in [-0.39, 0.29) is 11.6 Å². The third-order valence-corrected chi connectivity index (χ3v) is 3.02. The van der Waals surface area contributed by atoms with E-state index in [0.717, 1.165) is 17.3 Å². The molecule has 1 saturated carbocycles. The summed E-state index contributed by atoms with van der Waals surface area (Å²) in [7, 11) is 1.47. The summed E-state index contributed by atoms with van der Waals surface area (Å²) in [6.45, 7) is 0. The van der Waals surface area contributed by atoms with Crippen LogP contribution in [0.3, 0.4) is 0 Å². The molecule has 0 heterocycles. The zero-order valence-electron chi connectivity index (χ0n) is 9.33. The molecular weight excluding hydrogens is 286 g/mol. The van der Waals surface area contributed by atoms with Gasteiger partial charge in [0.1, 0.15) is 5.75 Å². The van der Waals surface area contributed by atoms with Crippen LogP contribution in [0.5, 0.6) is 5.75 Å². The number of ketones is 1. The summed E-state index contributed by atoms with van der Waals surface area (Å²) in [6.07, 6.45) is 1.91. The molecule has 1 amide bonds. The van der Waals surface area contributed by atoms with Gasteiger partial charge in [0, 0.05) is 10.5 Å². The molecule has 1 aromatic carbocycles. The van der Waals surface area contributed by atoms with E-state index in [0.29, 0.717) is 5.75 Å². The molecule has 0 radical (unpaired) electrons. The SMILES string of the molecule is COc1ccc(Br)cc1C(=O)C(=O)NC1CC1. The zero-order valence-corrected chi connectivity index (χ0v) is 10.9. The maximum atomic E-state index is 11.9. The normalized spacial score (nSPS) is 14.2. The fourth-order valence-corrected chi connectivity index (χ4v) is 1.82. The number of amides is 1. The quantitative estimate of drug-likeness (QED) is 0.682. The third-order valence-electron chi connectivity index (χ3n) is 2.52. The van der Waals surface area contributed by atoms with Gasteiger partial charge in [-0.3, -0.25) is 9.59 Å². The van der Waals surface area contributed by atoms with Gasteiger partial charge < -0.3 is 10.1 Å². The van der Waals surface area contributed by atoms with Crippen molar-refractivity contribution in [2.75, 3.05) is 7.11 Å². The van der Waals surface area contributed by atoms with E-state index in [9.17, 15) is 9.59 Å². The van der Waals surface area contributed by atoms with E-state index in [1.165, 1.54) is 7.11 Å². The van der Waals surface area contributed by atoms with Crippen LogP contribution in [0.1, 0.15) is 23.2 Å². The van der Waals surface area contributed by atoms with Crippen LogP contribution in [0.4, 0.5) is 0 Å². The Morgan fingerprint density at radius 2 is 2.12 bits per heavy atom. The second-order valence-corrected chi connectivity index (χ2v) is 4.84. The molecule has 2 rings (SSSR count). The van der Waals surface area contributed by atoms with Crippen LogP contribution >= 0.6 is 15.9 Å². The van der Waals surface area contributed by atoms with Crippen molar-refractivity contribution in [2.45, 2.75) is 18.9 Å². The smallest absolute Gasteiger partial charge is 0.292 e. The van der Waals surface area contributed by atoms with Crippen molar-refractivity contribution < 1.29 is 14.3 Å². The molecule has 0 bridgehead atoms. The van der Waals surface area contributed by atoms with E-state index >= 15 is 0 Å². The van der Waals surface area contributed by atoms with Crippen molar-refractivity contribution in [3.8, 4) is 5.75 Å². The fourth-order valence-electron chi connectivity index (χ4n) is 1.46. The molecule has 0 saturated heterocycles. The van der Waals surface area contributed by atoms with Crippen LogP contribution in [0.25, 0.3) is 0 Å². The molecule has 1 aliphatic carbocycles. The summed E-state index contributed by atoms with van der Waals surface area (Å²) >= 11 is 3.27. The Labute approximate surface area is 107 Å². The van der Waals surface area contributed by atoms with Crippen LogP contribution in [-0.2, 0) is 4.79 Å². The number of rotatable bonds is 4. The standard InChI is InChI=1S/C12H12BrNO3/c1-17-10-5-2-7(13)6-9(10)11(15)12(16)14-8-3-4-8/h2,5-6,8H,3-4H2,1H3,(H,14,16). The van der Waals surface area contributed by atoms with Crippen LogP contribution < -0.4 is 10.1 Å². The van der Waals surface area contributed by atoms with Gasteiger partial charge in [-0.2, -0.15) is 0 Å². The van der Waals surface area contributed by atoms with Gasteiger partial charge in [0.25, 0.3) is 11.7 Å². The van der Waals surface area contributed by atoms with Crippen molar-refractivity contribution >= 4 is 27.6 Å². The molecule has 0 unspecified atom stereocenters. The van der Waals surface area contributed by atoms with Gasteiger partial charge in [0.15, 0.2) is 0 Å². The number of Topliss-reactive ketones (excluding diaryl/α,β-unsaturated/α-hetero) is 1. The number of methoxy groups -OCH3 is 1. The van der Waals surface area contributed by atoms with E-state index < -0.39 is 11.7 Å². The summed E-state index contributed by atoms with van der Waals surface area (Å²) in [5.74, 6) is -0.719.